The fourth-order valence-corrected chi connectivity index (χ4v) is 4.06. The Bertz CT molecular complexity index is 974. The van der Waals surface area contributed by atoms with Gasteiger partial charge in [-0.1, -0.05) is 75.3 Å². The molecular formula is C26H35N3O. The largest absolute Gasteiger partial charge is 0.345 e. The minimum atomic E-state index is -0.0398. The molecule has 3 rings (SSSR count). The van der Waals surface area contributed by atoms with E-state index in [1.165, 1.54) is 44.1 Å². The van der Waals surface area contributed by atoms with Gasteiger partial charge in [-0.15, -0.1) is 0 Å². The van der Waals surface area contributed by atoms with Gasteiger partial charge in [-0.25, -0.2) is 4.98 Å². The van der Waals surface area contributed by atoms with Crippen LogP contribution in [0.5, 0.6) is 0 Å². The van der Waals surface area contributed by atoms with Crippen molar-refractivity contribution in [2.24, 2.45) is 0 Å². The zero-order chi connectivity index (χ0) is 21.3. The van der Waals surface area contributed by atoms with Gasteiger partial charge >= 0.3 is 0 Å². The Morgan fingerprint density at radius 1 is 0.967 bits per heavy atom. The van der Waals surface area contributed by atoms with Crippen molar-refractivity contribution in [3.8, 4) is 0 Å². The lowest BCUT2D eigenvalue weighted by atomic mass is 10.1. The predicted molar refractivity (Wildman–Crippen MR) is 125 cm³/mol. The molecule has 0 aliphatic heterocycles. The molecule has 0 unspecified atom stereocenters. The van der Waals surface area contributed by atoms with E-state index in [0.717, 1.165) is 41.0 Å². The molecule has 1 aromatic heterocycles. The highest BCUT2D eigenvalue weighted by atomic mass is 16.1. The molecule has 0 spiro atoms. The maximum absolute atomic E-state index is 12.7. The highest BCUT2D eigenvalue weighted by molar-refractivity contribution is 5.95. The molecule has 1 N–H and O–H groups in total. The van der Waals surface area contributed by atoms with Gasteiger partial charge < -0.3 is 9.88 Å². The van der Waals surface area contributed by atoms with Gasteiger partial charge in [-0.05, 0) is 44.0 Å². The minimum Gasteiger partial charge on any atom is -0.345 e. The van der Waals surface area contributed by atoms with E-state index in [1.54, 1.807) is 0 Å². The molecule has 0 saturated heterocycles. The van der Waals surface area contributed by atoms with Crippen LogP contribution in [0.4, 0.5) is 0 Å². The standard InChI is InChI=1S/C26H35N3O/c1-4-5-6-7-8-9-12-17-29-24-14-11-10-13-23(24)28-25(29)19-27-26(30)22-16-15-20(2)18-21(22)3/h10-11,13-16,18H,4-9,12,17,19H2,1-3H3,(H,27,30). The fraction of sp³-hybridized carbons (Fsp3) is 0.462. The van der Waals surface area contributed by atoms with Gasteiger partial charge in [-0.2, -0.15) is 0 Å². The van der Waals surface area contributed by atoms with Crippen molar-refractivity contribution in [3.05, 3.63) is 65.0 Å². The molecule has 4 nitrogen and oxygen atoms in total. The van der Waals surface area contributed by atoms with E-state index < -0.39 is 0 Å². The number of benzene rings is 2. The number of aryl methyl sites for hydroxylation is 3. The first-order valence-electron chi connectivity index (χ1n) is 11.4. The van der Waals surface area contributed by atoms with Crippen molar-refractivity contribution in [3.63, 3.8) is 0 Å². The summed E-state index contributed by atoms with van der Waals surface area (Å²) in [6.45, 7) is 7.67. The number of fused-ring (bicyclic) bond motifs is 1. The average molecular weight is 406 g/mol. The van der Waals surface area contributed by atoms with E-state index in [4.69, 9.17) is 4.98 Å². The SMILES string of the molecule is CCCCCCCCCn1c(CNC(=O)c2ccc(C)cc2C)nc2ccccc21. The Hall–Kier alpha value is -2.62. The number of hydrogen-bond donors (Lipinski definition) is 1. The summed E-state index contributed by atoms with van der Waals surface area (Å²) in [7, 11) is 0. The third kappa shape index (κ3) is 5.71. The second-order valence-electron chi connectivity index (χ2n) is 8.29. The Kier molecular flexibility index (Phi) is 8.06. The van der Waals surface area contributed by atoms with Gasteiger partial charge in [-0.3, -0.25) is 4.79 Å². The number of rotatable bonds is 11. The number of nitrogens with one attached hydrogen (secondary N) is 1. The van der Waals surface area contributed by atoms with Crippen molar-refractivity contribution in [1.82, 2.24) is 14.9 Å². The fourth-order valence-electron chi connectivity index (χ4n) is 4.06. The van der Waals surface area contributed by atoms with Crippen molar-refractivity contribution in [1.29, 1.82) is 0 Å². The lowest BCUT2D eigenvalue weighted by Crippen LogP contribution is -2.25. The number of carbonyl (C=O) groups excluding carboxylic acids is 1. The molecule has 3 aromatic rings. The number of nitrogens with zero attached hydrogens (tertiary/aromatic N) is 2. The third-order valence-electron chi connectivity index (χ3n) is 5.75. The monoisotopic (exact) mass is 405 g/mol. The summed E-state index contributed by atoms with van der Waals surface area (Å²) < 4.78 is 2.28. The van der Waals surface area contributed by atoms with Gasteiger partial charge in [0.2, 0.25) is 0 Å². The van der Waals surface area contributed by atoms with Crippen molar-refractivity contribution < 1.29 is 4.79 Å². The maximum atomic E-state index is 12.7. The molecule has 0 saturated carbocycles. The first kappa shape index (κ1) is 22.1. The average Bonchev–Trinajstić information content (AvgIpc) is 3.09. The number of aromatic nitrogens is 2. The molecule has 0 bridgehead atoms. The molecule has 0 atom stereocenters. The van der Waals surface area contributed by atoms with Crippen molar-refractivity contribution in [2.45, 2.75) is 78.8 Å². The molecule has 0 radical (unpaired) electrons. The zero-order valence-electron chi connectivity index (χ0n) is 18.7. The summed E-state index contributed by atoms with van der Waals surface area (Å²) in [5.74, 6) is 0.891. The number of carbonyl (C=O) groups is 1. The Balaban J connectivity index is 1.64. The molecule has 0 aliphatic carbocycles. The van der Waals surface area contributed by atoms with Gasteiger partial charge in [0.05, 0.1) is 17.6 Å². The van der Waals surface area contributed by atoms with E-state index in [-0.39, 0.29) is 5.91 Å². The molecule has 2 aromatic carbocycles. The normalized spacial score (nSPS) is 11.2. The van der Waals surface area contributed by atoms with E-state index >= 15 is 0 Å². The number of hydrogen-bond acceptors (Lipinski definition) is 2. The molecule has 1 heterocycles. The molecule has 30 heavy (non-hydrogen) atoms. The van der Waals surface area contributed by atoms with Crippen LogP contribution in [0.1, 0.15) is 79.2 Å². The number of unbranched alkanes of at least 4 members (excludes halogenated alkanes) is 6. The van der Waals surface area contributed by atoms with Crippen LogP contribution in [0.25, 0.3) is 11.0 Å². The van der Waals surface area contributed by atoms with Crippen molar-refractivity contribution >= 4 is 16.9 Å². The first-order chi connectivity index (χ1) is 14.6. The van der Waals surface area contributed by atoms with E-state index in [2.05, 4.69) is 28.9 Å². The lowest BCUT2D eigenvalue weighted by Gasteiger charge is -2.11. The summed E-state index contributed by atoms with van der Waals surface area (Å²) in [5.41, 5.74) is 5.05. The van der Waals surface area contributed by atoms with Crippen LogP contribution < -0.4 is 5.32 Å². The molecule has 0 aliphatic rings. The van der Waals surface area contributed by atoms with E-state index in [1.807, 2.05) is 44.2 Å². The second-order valence-corrected chi connectivity index (χ2v) is 8.29. The molecular weight excluding hydrogens is 370 g/mol. The van der Waals surface area contributed by atoms with Gasteiger partial charge in [0.1, 0.15) is 5.82 Å². The van der Waals surface area contributed by atoms with E-state index in [9.17, 15) is 4.79 Å². The van der Waals surface area contributed by atoms with Gasteiger partial charge in [0.25, 0.3) is 5.91 Å². The highest BCUT2D eigenvalue weighted by Gasteiger charge is 2.13. The number of para-hydroxylation sites is 2. The van der Waals surface area contributed by atoms with Crippen LogP contribution in [-0.2, 0) is 13.1 Å². The smallest absolute Gasteiger partial charge is 0.251 e. The van der Waals surface area contributed by atoms with Crippen molar-refractivity contribution in [2.75, 3.05) is 0 Å². The quantitative estimate of drug-likeness (QED) is 0.379. The van der Waals surface area contributed by atoms with Crippen LogP contribution in [0.15, 0.2) is 42.5 Å². The van der Waals surface area contributed by atoms with Crippen LogP contribution in [0, 0.1) is 13.8 Å². The highest BCUT2D eigenvalue weighted by Crippen LogP contribution is 2.18. The lowest BCUT2D eigenvalue weighted by molar-refractivity contribution is 0.0949. The molecule has 4 heteroatoms. The summed E-state index contributed by atoms with van der Waals surface area (Å²) in [6, 6.07) is 14.2. The van der Waals surface area contributed by atoms with E-state index in [0.29, 0.717) is 6.54 Å². The van der Waals surface area contributed by atoms with Crippen LogP contribution in [0.3, 0.4) is 0 Å². The molecule has 1 amide bonds. The Labute approximate surface area is 180 Å². The maximum Gasteiger partial charge on any atom is 0.251 e. The minimum absolute atomic E-state index is 0.0398. The first-order valence-corrected chi connectivity index (χ1v) is 11.4. The van der Waals surface area contributed by atoms with Crippen LogP contribution in [-0.4, -0.2) is 15.5 Å². The number of amides is 1. The Morgan fingerprint density at radius 3 is 2.47 bits per heavy atom. The summed E-state index contributed by atoms with van der Waals surface area (Å²) in [5, 5.41) is 3.08. The zero-order valence-corrected chi connectivity index (χ0v) is 18.7. The predicted octanol–water partition coefficient (Wildman–Crippen LogP) is 6.33. The molecule has 160 valence electrons. The number of imidazole rings is 1. The van der Waals surface area contributed by atoms with Crippen LogP contribution in [0.2, 0.25) is 0 Å². The Morgan fingerprint density at radius 2 is 1.70 bits per heavy atom. The van der Waals surface area contributed by atoms with Crippen LogP contribution >= 0.6 is 0 Å². The van der Waals surface area contributed by atoms with Gasteiger partial charge in [0, 0.05) is 12.1 Å². The van der Waals surface area contributed by atoms with Gasteiger partial charge in [0.15, 0.2) is 0 Å². The topological polar surface area (TPSA) is 46.9 Å². The summed E-state index contributed by atoms with van der Waals surface area (Å²) in [4.78, 5) is 17.5. The molecule has 0 fully saturated rings. The second kappa shape index (κ2) is 11.0. The summed E-state index contributed by atoms with van der Waals surface area (Å²) in [6.07, 6.45) is 8.99. The summed E-state index contributed by atoms with van der Waals surface area (Å²) >= 11 is 0. The third-order valence-corrected chi connectivity index (χ3v) is 5.75.